The largest absolute Gasteiger partial charge is 0.443 e. The lowest BCUT2D eigenvalue weighted by Crippen LogP contribution is -2.36. The van der Waals surface area contributed by atoms with Gasteiger partial charge < -0.3 is 4.74 Å². The van der Waals surface area contributed by atoms with Crippen LogP contribution in [0.2, 0.25) is 0 Å². The zero-order valence-electron chi connectivity index (χ0n) is 12.6. The van der Waals surface area contributed by atoms with Crippen LogP contribution in [0.1, 0.15) is 26.3 Å². The van der Waals surface area contributed by atoms with Crippen molar-refractivity contribution in [1.82, 2.24) is 4.98 Å². The van der Waals surface area contributed by atoms with Crippen molar-refractivity contribution >= 4 is 11.8 Å². The Morgan fingerprint density at radius 2 is 1.86 bits per heavy atom. The number of amides is 1. The molecule has 0 saturated heterocycles. The number of ether oxygens (including phenoxy) is 1. The molecule has 2 rings (SSSR count). The molecule has 0 unspecified atom stereocenters. The van der Waals surface area contributed by atoms with Crippen molar-refractivity contribution in [3.63, 3.8) is 0 Å². The molecule has 110 valence electrons. The monoisotopic (exact) mass is 284 g/mol. The summed E-state index contributed by atoms with van der Waals surface area (Å²) in [6, 6.07) is 13.3. The number of hydrogen-bond donors (Lipinski definition) is 0. The molecule has 0 atom stereocenters. The van der Waals surface area contributed by atoms with E-state index in [0.29, 0.717) is 6.54 Å². The third kappa shape index (κ3) is 4.60. The van der Waals surface area contributed by atoms with Crippen LogP contribution in [-0.4, -0.2) is 16.7 Å². The van der Waals surface area contributed by atoms with E-state index in [1.54, 1.807) is 17.3 Å². The van der Waals surface area contributed by atoms with E-state index in [0.717, 1.165) is 11.3 Å². The van der Waals surface area contributed by atoms with Gasteiger partial charge in [-0.25, -0.2) is 4.79 Å². The summed E-state index contributed by atoms with van der Waals surface area (Å²) in [7, 11) is 0. The van der Waals surface area contributed by atoms with Crippen LogP contribution >= 0.6 is 0 Å². The third-order valence-electron chi connectivity index (χ3n) is 2.75. The number of rotatable bonds is 3. The topological polar surface area (TPSA) is 42.4 Å². The van der Waals surface area contributed by atoms with Crippen LogP contribution in [0.3, 0.4) is 0 Å². The fraction of sp³-hybridized carbons (Fsp3) is 0.294. The molecule has 0 aliphatic heterocycles. The average molecular weight is 284 g/mol. The predicted octanol–water partition coefficient (Wildman–Crippen LogP) is 4.02. The van der Waals surface area contributed by atoms with Crippen molar-refractivity contribution in [3.8, 4) is 0 Å². The maximum atomic E-state index is 12.4. The van der Waals surface area contributed by atoms with Gasteiger partial charge in [0.25, 0.3) is 0 Å². The number of hydrogen-bond acceptors (Lipinski definition) is 3. The minimum absolute atomic E-state index is 0.363. The first-order chi connectivity index (χ1) is 9.96. The molecule has 21 heavy (non-hydrogen) atoms. The van der Waals surface area contributed by atoms with Crippen molar-refractivity contribution in [2.75, 3.05) is 4.90 Å². The standard InChI is InChI=1S/C17H20N2O2/c1-17(2,3)21-16(20)19(15-9-5-4-6-10-15)13-14-8-7-11-18-12-14/h4-12H,13H2,1-3H3. The van der Waals surface area contributed by atoms with Gasteiger partial charge in [0.15, 0.2) is 0 Å². The van der Waals surface area contributed by atoms with E-state index < -0.39 is 5.60 Å². The SMILES string of the molecule is CC(C)(C)OC(=O)N(Cc1cccnc1)c1ccccc1. The maximum absolute atomic E-state index is 12.4. The van der Waals surface area contributed by atoms with Crippen molar-refractivity contribution < 1.29 is 9.53 Å². The number of aromatic nitrogens is 1. The summed E-state index contributed by atoms with van der Waals surface area (Å²) in [6.07, 6.45) is 3.10. The number of nitrogens with zero attached hydrogens (tertiary/aromatic N) is 2. The molecule has 0 saturated carbocycles. The molecule has 0 aliphatic carbocycles. The van der Waals surface area contributed by atoms with E-state index in [9.17, 15) is 4.79 Å². The van der Waals surface area contributed by atoms with E-state index in [4.69, 9.17) is 4.74 Å². The molecule has 2 aromatic rings. The van der Waals surface area contributed by atoms with Gasteiger partial charge in [0.1, 0.15) is 5.60 Å². The Balaban J connectivity index is 2.25. The van der Waals surface area contributed by atoms with Crippen LogP contribution in [0, 0.1) is 0 Å². The zero-order valence-corrected chi connectivity index (χ0v) is 12.6. The Hall–Kier alpha value is -2.36. The molecule has 4 heteroatoms. The Bertz CT molecular complexity index is 577. The van der Waals surface area contributed by atoms with Gasteiger partial charge in [0.05, 0.1) is 6.54 Å². The van der Waals surface area contributed by atoms with Gasteiger partial charge in [-0.05, 0) is 44.5 Å². The second-order valence-corrected chi connectivity index (χ2v) is 5.76. The van der Waals surface area contributed by atoms with Gasteiger partial charge in [-0.15, -0.1) is 0 Å². The number of benzene rings is 1. The number of pyridine rings is 1. The third-order valence-corrected chi connectivity index (χ3v) is 2.75. The molecule has 1 aromatic carbocycles. The molecule has 0 N–H and O–H groups in total. The van der Waals surface area contributed by atoms with Gasteiger partial charge in [-0.1, -0.05) is 24.3 Å². The molecule has 0 bridgehead atoms. The first-order valence-corrected chi connectivity index (χ1v) is 6.90. The molecule has 4 nitrogen and oxygen atoms in total. The predicted molar refractivity (Wildman–Crippen MR) is 83.1 cm³/mol. The number of carbonyl (C=O) groups is 1. The van der Waals surface area contributed by atoms with Gasteiger partial charge in [0, 0.05) is 18.1 Å². The first-order valence-electron chi connectivity index (χ1n) is 6.90. The highest BCUT2D eigenvalue weighted by atomic mass is 16.6. The van der Waals surface area contributed by atoms with Crippen molar-refractivity contribution in [2.24, 2.45) is 0 Å². The molecule has 0 aliphatic rings. The lowest BCUT2D eigenvalue weighted by atomic mass is 10.2. The van der Waals surface area contributed by atoms with E-state index in [1.807, 2.05) is 63.2 Å². The molecule has 1 heterocycles. The minimum Gasteiger partial charge on any atom is -0.443 e. The van der Waals surface area contributed by atoms with Gasteiger partial charge in [0.2, 0.25) is 0 Å². The summed E-state index contributed by atoms with van der Waals surface area (Å²) >= 11 is 0. The normalized spacial score (nSPS) is 11.0. The Morgan fingerprint density at radius 3 is 2.43 bits per heavy atom. The summed E-state index contributed by atoms with van der Waals surface area (Å²) in [6.45, 7) is 6.00. The second-order valence-electron chi connectivity index (χ2n) is 5.76. The lowest BCUT2D eigenvalue weighted by Gasteiger charge is -2.27. The average Bonchev–Trinajstić information content (AvgIpc) is 2.45. The summed E-state index contributed by atoms with van der Waals surface area (Å²) in [4.78, 5) is 18.1. The Labute approximate surface area is 125 Å². The molecule has 0 fully saturated rings. The number of para-hydroxylation sites is 1. The van der Waals surface area contributed by atoms with Crippen LogP contribution in [-0.2, 0) is 11.3 Å². The van der Waals surface area contributed by atoms with E-state index in [-0.39, 0.29) is 6.09 Å². The van der Waals surface area contributed by atoms with E-state index >= 15 is 0 Å². The molecule has 1 amide bonds. The Kier molecular flexibility index (Phi) is 4.58. The van der Waals surface area contributed by atoms with Crippen molar-refractivity contribution in [1.29, 1.82) is 0 Å². The fourth-order valence-electron chi connectivity index (χ4n) is 1.86. The molecule has 0 radical (unpaired) electrons. The Morgan fingerprint density at radius 1 is 1.14 bits per heavy atom. The summed E-state index contributed by atoms with van der Waals surface area (Å²) < 4.78 is 5.49. The minimum atomic E-state index is -0.529. The lowest BCUT2D eigenvalue weighted by molar-refractivity contribution is 0.0577. The van der Waals surface area contributed by atoms with Crippen molar-refractivity contribution in [2.45, 2.75) is 32.9 Å². The van der Waals surface area contributed by atoms with Gasteiger partial charge in [-0.3, -0.25) is 9.88 Å². The molecular weight excluding hydrogens is 264 g/mol. The van der Waals surface area contributed by atoms with Gasteiger partial charge in [-0.2, -0.15) is 0 Å². The highest BCUT2D eigenvalue weighted by molar-refractivity contribution is 5.87. The molecule has 0 spiro atoms. The van der Waals surface area contributed by atoms with Crippen molar-refractivity contribution in [3.05, 3.63) is 60.4 Å². The van der Waals surface area contributed by atoms with Crippen LogP contribution in [0.15, 0.2) is 54.9 Å². The first kappa shape index (κ1) is 15.0. The highest BCUT2D eigenvalue weighted by Gasteiger charge is 2.23. The van der Waals surface area contributed by atoms with E-state index in [1.165, 1.54) is 0 Å². The zero-order chi connectivity index (χ0) is 15.3. The number of anilines is 1. The summed E-state index contributed by atoms with van der Waals surface area (Å²) in [5.74, 6) is 0. The van der Waals surface area contributed by atoms with Crippen LogP contribution < -0.4 is 4.90 Å². The fourth-order valence-corrected chi connectivity index (χ4v) is 1.86. The molecular formula is C17H20N2O2. The van der Waals surface area contributed by atoms with E-state index in [2.05, 4.69) is 4.98 Å². The summed E-state index contributed by atoms with van der Waals surface area (Å²) in [5.41, 5.74) is 1.22. The van der Waals surface area contributed by atoms with Gasteiger partial charge >= 0.3 is 6.09 Å². The molecule has 1 aromatic heterocycles. The maximum Gasteiger partial charge on any atom is 0.415 e. The quantitative estimate of drug-likeness (QED) is 0.854. The van der Waals surface area contributed by atoms with Crippen LogP contribution in [0.4, 0.5) is 10.5 Å². The van der Waals surface area contributed by atoms with Crippen LogP contribution in [0.25, 0.3) is 0 Å². The number of carbonyl (C=O) groups excluding carboxylic acids is 1. The summed E-state index contributed by atoms with van der Waals surface area (Å²) in [5, 5.41) is 0. The second kappa shape index (κ2) is 6.39. The smallest absolute Gasteiger partial charge is 0.415 e. The highest BCUT2D eigenvalue weighted by Crippen LogP contribution is 2.20. The van der Waals surface area contributed by atoms with Crippen LogP contribution in [0.5, 0.6) is 0 Å².